The maximum absolute atomic E-state index is 12.7. The minimum Gasteiger partial charge on any atom is -0.350 e. The van der Waals surface area contributed by atoms with Crippen molar-refractivity contribution < 1.29 is 4.79 Å². The first-order chi connectivity index (χ1) is 9.65. The van der Waals surface area contributed by atoms with E-state index in [-0.39, 0.29) is 17.4 Å². The largest absolute Gasteiger partial charge is 0.350 e. The smallest absolute Gasteiger partial charge is 0.229 e. The summed E-state index contributed by atoms with van der Waals surface area (Å²) in [5.41, 5.74) is 2.37. The molecule has 0 aromatic heterocycles. The standard InChI is InChI=1S/C17H26N2O/c1-4-17(5-2,6-3)19-16(20)15-12-18-11-13-9-7-8-10-14(13)15/h7-10,15,18H,4-6,11-12H2,1-3H3,(H,19,20). The fraction of sp³-hybridized carbons (Fsp3) is 0.588. The quantitative estimate of drug-likeness (QED) is 0.866. The van der Waals surface area contributed by atoms with Crippen LogP contribution in [0.3, 0.4) is 0 Å². The van der Waals surface area contributed by atoms with Gasteiger partial charge >= 0.3 is 0 Å². The molecule has 110 valence electrons. The SMILES string of the molecule is CCC(CC)(CC)NC(=O)C1CNCc2ccccc21. The molecule has 1 atom stereocenters. The van der Waals surface area contributed by atoms with Crippen LogP contribution in [0.4, 0.5) is 0 Å². The summed E-state index contributed by atoms with van der Waals surface area (Å²) in [5.74, 6) is 0.0965. The van der Waals surface area contributed by atoms with Crippen LogP contribution in [0.5, 0.6) is 0 Å². The van der Waals surface area contributed by atoms with E-state index in [0.29, 0.717) is 0 Å². The predicted molar refractivity (Wildman–Crippen MR) is 82.6 cm³/mol. The number of benzene rings is 1. The number of rotatable bonds is 5. The third-order valence-corrected chi connectivity index (χ3v) is 4.83. The lowest BCUT2D eigenvalue weighted by Gasteiger charge is -2.35. The molecular weight excluding hydrogens is 248 g/mol. The first-order valence-corrected chi connectivity index (χ1v) is 7.76. The van der Waals surface area contributed by atoms with E-state index in [9.17, 15) is 4.79 Å². The first-order valence-electron chi connectivity index (χ1n) is 7.76. The molecule has 1 aliphatic rings. The van der Waals surface area contributed by atoms with Gasteiger partial charge in [0.1, 0.15) is 0 Å². The van der Waals surface area contributed by atoms with Crippen LogP contribution in [0.15, 0.2) is 24.3 Å². The van der Waals surface area contributed by atoms with Crippen LogP contribution in [0, 0.1) is 0 Å². The van der Waals surface area contributed by atoms with Crippen LogP contribution < -0.4 is 10.6 Å². The summed E-state index contributed by atoms with van der Waals surface area (Å²) < 4.78 is 0. The van der Waals surface area contributed by atoms with Crippen LogP contribution in [0.1, 0.15) is 57.1 Å². The summed E-state index contributed by atoms with van der Waals surface area (Å²) in [6.45, 7) is 8.05. The second-order valence-electron chi connectivity index (χ2n) is 5.71. The second kappa shape index (κ2) is 6.40. The lowest BCUT2D eigenvalue weighted by Crippen LogP contribution is -2.50. The maximum atomic E-state index is 12.7. The monoisotopic (exact) mass is 274 g/mol. The van der Waals surface area contributed by atoms with Gasteiger partial charge in [0.25, 0.3) is 0 Å². The van der Waals surface area contributed by atoms with E-state index in [1.54, 1.807) is 0 Å². The molecule has 0 saturated heterocycles. The average Bonchev–Trinajstić information content (AvgIpc) is 2.52. The molecule has 0 aliphatic carbocycles. The molecule has 0 fully saturated rings. The highest BCUT2D eigenvalue weighted by Crippen LogP contribution is 2.26. The van der Waals surface area contributed by atoms with Crippen molar-refractivity contribution in [2.45, 2.75) is 58.0 Å². The number of hydrogen-bond acceptors (Lipinski definition) is 2. The third-order valence-electron chi connectivity index (χ3n) is 4.83. The van der Waals surface area contributed by atoms with Gasteiger partial charge in [0.2, 0.25) is 5.91 Å². The van der Waals surface area contributed by atoms with Gasteiger partial charge in [-0.1, -0.05) is 45.0 Å². The Morgan fingerprint density at radius 3 is 2.55 bits per heavy atom. The number of amides is 1. The number of nitrogens with one attached hydrogen (secondary N) is 2. The summed E-state index contributed by atoms with van der Waals surface area (Å²) >= 11 is 0. The molecule has 1 heterocycles. The average molecular weight is 274 g/mol. The molecule has 1 aliphatic heterocycles. The van der Waals surface area contributed by atoms with Crippen molar-refractivity contribution >= 4 is 5.91 Å². The Balaban J connectivity index is 2.19. The summed E-state index contributed by atoms with van der Waals surface area (Å²) in [5, 5.41) is 6.66. The zero-order valence-corrected chi connectivity index (χ0v) is 12.8. The Morgan fingerprint density at radius 1 is 1.25 bits per heavy atom. The van der Waals surface area contributed by atoms with Gasteiger partial charge in [-0.2, -0.15) is 0 Å². The normalized spacial score (nSPS) is 18.4. The number of carbonyl (C=O) groups excluding carboxylic acids is 1. The summed E-state index contributed by atoms with van der Waals surface area (Å²) in [6, 6.07) is 8.26. The Hall–Kier alpha value is -1.35. The molecule has 2 N–H and O–H groups in total. The third kappa shape index (κ3) is 2.88. The van der Waals surface area contributed by atoms with Crippen LogP contribution in [0.25, 0.3) is 0 Å². The van der Waals surface area contributed by atoms with Gasteiger partial charge in [0.15, 0.2) is 0 Å². The summed E-state index contributed by atoms with van der Waals surface area (Å²) in [6.07, 6.45) is 2.94. The van der Waals surface area contributed by atoms with Crippen LogP contribution in [0.2, 0.25) is 0 Å². The van der Waals surface area contributed by atoms with Gasteiger partial charge in [-0.15, -0.1) is 0 Å². The van der Waals surface area contributed by atoms with Gasteiger partial charge in [0, 0.05) is 18.6 Å². The number of carbonyl (C=O) groups is 1. The van der Waals surface area contributed by atoms with Crippen molar-refractivity contribution in [2.75, 3.05) is 6.54 Å². The minimum absolute atomic E-state index is 0.0521. The molecule has 1 amide bonds. The number of fused-ring (bicyclic) bond motifs is 1. The van der Waals surface area contributed by atoms with Gasteiger partial charge in [-0.3, -0.25) is 4.79 Å². The highest BCUT2D eigenvalue weighted by Gasteiger charge is 2.32. The van der Waals surface area contributed by atoms with Crippen molar-refractivity contribution in [3.05, 3.63) is 35.4 Å². The van der Waals surface area contributed by atoms with E-state index in [0.717, 1.165) is 32.4 Å². The molecule has 1 aromatic carbocycles. The molecule has 3 nitrogen and oxygen atoms in total. The molecule has 0 bridgehead atoms. The Labute approximate surface area is 122 Å². The zero-order chi connectivity index (χ0) is 14.6. The Morgan fingerprint density at radius 2 is 1.90 bits per heavy atom. The van der Waals surface area contributed by atoms with E-state index >= 15 is 0 Å². The minimum atomic E-state index is -0.0658. The molecule has 2 rings (SSSR count). The van der Waals surface area contributed by atoms with Gasteiger partial charge in [0.05, 0.1) is 5.92 Å². The maximum Gasteiger partial charge on any atom is 0.229 e. The molecular formula is C17H26N2O. The van der Waals surface area contributed by atoms with Crippen molar-refractivity contribution in [2.24, 2.45) is 0 Å². The van der Waals surface area contributed by atoms with Gasteiger partial charge in [-0.05, 0) is 30.4 Å². The molecule has 0 radical (unpaired) electrons. The molecule has 3 heteroatoms. The lowest BCUT2D eigenvalue weighted by atomic mass is 9.86. The first kappa shape index (κ1) is 15.0. The van der Waals surface area contributed by atoms with E-state index in [1.165, 1.54) is 11.1 Å². The van der Waals surface area contributed by atoms with Crippen LogP contribution in [-0.4, -0.2) is 18.0 Å². The molecule has 0 saturated carbocycles. The lowest BCUT2D eigenvalue weighted by molar-refractivity contribution is -0.124. The number of hydrogen-bond donors (Lipinski definition) is 2. The van der Waals surface area contributed by atoms with Crippen molar-refractivity contribution in [1.29, 1.82) is 0 Å². The van der Waals surface area contributed by atoms with Crippen molar-refractivity contribution in [3.8, 4) is 0 Å². The summed E-state index contributed by atoms with van der Waals surface area (Å²) in [7, 11) is 0. The summed E-state index contributed by atoms with van der Waals surface area (Å²) in [4.78, 5) is 12.7. The topological polar surface area (TPSA) is 41.1 Å². The molecule has 0 spiro atoms. The zero-order valence-electron chi connectivity index (χ0n) is 12.8. The highest BCUT2D eigenvalue weighted by atomic mass is 16.2. The molecule has 1 unspecified atom stereocenters. The Kier molecular flexibility index (Phi) is 4.81. The highest BCUT2D eigenvalue weighted by molar-refractivity contribution is 5.85. The predicted octanol–water partition coefficient (Wildman–Crippen LogP) is 2.96. The fourth-order valence-corrected chi connectivity index (χ4v) is 3.09. The van der Waals surface area contributed by atoms with Crippen molar-refractivity contribution in [3.63, 3.8) is 0 Å². The van der Waals surface area contributed by atoms with E-state index in [4.69, 9.17) is 0 Å². The molecule has 20 heavy (non-hydrogen) atoms. The Bertz CT molecular complexity index is 458. The van der Waals surface area contributed by atoms with Crippen molar-refractivity contribution in [1.82, 2.24) is 10.6 Å². The van der Waals surface area contributed by atoms with Gasteiger partial charge in [-0.25, -0.2) is 0 Å². The fourth-order valence-electron chi connectivity index (χ4n) is 3.09. The van der Waals surface area contributed by atoms with Gasteiger partial charge < -0.3 is 10.6 Å². The molecule has 1 aromatic rings. The van der Waals surface area contributed by atoms with E-state index in [2.05, 4.69) is 43.5 Å². The van der Waals surface area contributed by atoms with E-state index < -0.39 is 0 Å². The van der Waals surface area contributed by atoms with Crippen LogP contribution >= 0.6 is 0 Å². The van der Waals surface area contributed by atoms with Crippen LogP contribution in [-0.2, 0) is 11.3 Å². The second-order valence-corrected chi connectivity index (χ2v) is 5.71. The van der Waals surface area contributed by atoms with E-state index in [1.807, 2.05) is 12.1 Å².